The molecule has 1 atom stereocenters. The van der Waals surface area contributed by atoms with E-state index in [-0.39, 0.29) is 12.8 Å². The van der Waals surface area contributed by atoms with Crippen LogP contribution in [-0.2, 0) is 9.59 Å². The molecule has 6 heteroatoms. The Bertz CT molecular complexity index is 202. The number of carboxylic acid groups (broad SMARTS) is 2. The third kappa shape index (κ3) is 23.0. The first-order valence-electron chi connectivity index (χ1n) is 4.88. The lowest BCUT2D eigenvalue weighted by molar-refractivity contribution is -0.143. The molecule has 0 aromatic carbocycles. The molecule has 0 aromatic rings. The predicted octanol–water partition coefficient (Wildman–Crippen LogP) is 0.464. The van der Waals surface area contributed by atoms with Gasteiger partial charge in [0.2, 0.25) is 0 Å². The third-order valence-electron chi connectivity index (χ3n) is 1.35. The molecule has 0 fully saturated rings. The summed E-state index contributed by atoms with van der Waals surface area (Å²) in [5, 5.41) is 33.6. The molecular weight excluding hydrogens is 216 g/mol. The van der Waals surface area contributed by atoms with Crippen LogP contribution in [0.25, 0.3) is 0 Å². The van der Waals surface area contributed by atoms with Crippen LogP contribution in [0.5, 0.6) is 0 Å². The Morgan fingerprint density at radius 3 is 1.50 bits per heavy atom. The second kappa shape index (κ2) is 8.06. The van der Waals surface area contributed by atoms with Gasteiger partial charge in [-0.25, -0.2) is 0 Å². The molecule has 16 heavy (non-hydrogen) atoms. The monoisotopic (exact) mass is 236 g/mol. The molecule has 0 aliphatic carbocycles. The van der Waals surface area contributed by atoms with E-state index in [0.29, 0.717) is 6.42 Å². The van der Waals surface area contributed by atoms with Crippen molar-refractivity contribution in [3.63, 3.8) is 0 Å². The summed E-state index contributed by atoms with van der Waals surface area (Å²) < 4.78 is 0. The van der Waals surface area contributed by atoms with Gasteiger partial charge in [0.15, 0.2) is 0 Å². The largest absolute Gasteiger partial charge is 0.481 e. The minimum Gasteiger partial charge on any atom is -0.481 e. The second-order valence-electron chi connectivity index (χ2n) is 4.15. The van der Waals surface area contributed by atoms with E-state index in [1.165, 1.54) is 0 Å². The van der Waals surface area contributed by atoms with Crippen molar-refractivity contribution in [2.45, 2.75) is 51.7 Å². The van der Waals surface area contributed by atoms with Crippen LogP contribution in [-0.4, -0.2) is 44.1 Å². The normalized spacial score (nSPS) is 12.3. The van der Waals surface area contributed by atoms with Crippen molar-refractivity contribution in [1.82, 2.24) is 0 Å². The van der Waals surface area contributed by atoms with Gasteiger partial charge in [0, 0.05) is 6.42 Å². The maximum Gasteiger partial charge on any atom is 0.303 e. The number of hydrogen-bond acceptors (Lipinski definition) is 4. The summed E-state index contributed by atoms with van der Waals surface area (Å²) in [6, 6.07) is 0. The molecule has 0 radical (unpaired) electrons. The SMILES string of the molecule is CC(O)CC(C)(C)O.O=C(O)CCC(=O)O. The van der Waals surface area contributed by atoms with Crippen molar-refractivity contribution in [1.29, 1.82) is 0 Å². The van der Waals surface area contributed by atoms with Gasteiger partial charge in [0.1, 0.15) is 0 Å². The van der Waals surface area contributed by atoms with E-state index in [2.05, 4.69) is 0 Å². The lowest BCUT2D eigenvalue weighted by Crippen LogP contribution is -2.24. The standard InChI is InChI=1S/C6H14O2.C4H6O4/c1-5(7)4-6(2,3)8;5-3(6)1-2-4(7)8/h5,7-8H,4H2,1-3H3;1-2H2,(H,5,6)(H,7,8). The van der Waals surface area contributed by atoms with Gasteiger partial charge in [-0.15, -0.1) is 0 Å². The van der Waals surface area contributed by atoms with Crippen molar-refractivity contribution in [3.8, 4) is 0 Å². The number of aliphatic hydroxyl groups is 2. The summed E-state index contributed by atoms with van der Waals surface area (Å²) in [4.78, 5) is 19.3. The summed E-state index contributed by atoms with van der Waals surface area (Å²) in [5.41, 5.74) is -0.728. The molecule has 0 aromatic heterocycles. The number of hydrogen-bond donors (Lipinski definition) is 4. The molecule has 0 bridgehead atoms. The molecule has 1 unspecified atom stereocenters. The zero-order valence-corrected chi connectivity index (χ0v) is 9.80. The van der Waals surface area contributed by atoms with Crippen molar-refractivity contribution < 1.29 is 30.0 Å². The Kier molecular flexibility index (Phi) is 8.70. The van der Waals surface area contributed by atoms with Crippen molar-refractivity contribution in [2.24, 2.45) is 0 Å². The molecule has 0 rings (SSSR count). The summed E-state index contributed by atoms with van der Waals surface area (Å²) >= 11 is 0. The van der Waals surface area contributed by atoms with Gasteiger partial charge in [0.05, 0.1) is 24.5 Å². The highest BCUT2D eigenvalue weighted by atomic mass is 16.4. The highest BCUT2D eigenvalue weighted by Gasteiger charge is 2.14. The van der Waals surface area contributed by atoms with Gasteiger partial charge in [-0.3, -0.25) is 9.59 Å². The van der Waals surface area contributed by atoms with Gasteiger partial charge in [-0.05, 0) is 20.8 Å². The van der Waals surface area contributed by atoms with Crippen LogP contribution >= 0.6 is 0 Å². The molecule has 0 saturated carbocycles. The predicted molar refractivity (Wildman–Crippen MR) is 57.1 cm³/mol. The summed E-state index contributed by atoms with van der Waals surface area (Å²) in [6.07, 6.45) is -0.563. The molecule has 96 valence electrons. The Morgan fingerprint density at radius 1 is 1.12 bits per heavy atom. The molecule has 6 nitrogen and oxygen atoms in total. The number of carboxylic acids is 2. The summed E-state index contributed by atoms with van der Waals surface area (Å²) in [7, 11) is 0. The zero-order valence-electron chi connectivity index (χ0n) is 9.80. The fraction of sp³-hybridized carbons (Fsp3) is 0.800. The fourth-order valence-corrected chi connectivity index (χ4v) is 0.937. The Balaban J connectivity index is 0. The van der Waals surface area contributed by atoms with Crippen LogP contribution in [0.4, 0.5) is 0 Å². The van der Waals surface area contributed by atoms with E-state index in [1.807, 2.05) is 0 Å². The van der Waals surface area contributed by atoms with E-state index >= 15 is 0 Å². The van der Waals surface area contributed by atoms with Crippen LogP contribution in [0, 0.1) is 0 Å². The first kappa shape index (κ1) is 17.3. The minimum atomic E-state index is -1.08. The number of carbonyl (C=O) groups is 2. The third-order valence-corrected chi connectivity index (χ3v) is 1.35. The molecular formula is C10H20O6. The van der Waals surface area contributed by atoms with Gasteiger partial charge in [0.25, 0.3) is 0 Å². The van der Waals surface area contributed by atoms with E-state index in [9.17, 15) is 9.59 Å². The van der Waals surface area contributed by atoms with E-state index < -0.39 is 23.6 Å². The highest BCUT2D eigenvalue weighted by Crippen LogP contribution is 2.09. The molecule has 0 aliphatic heterocycles. The van der Waals surface area contributed by atoms with Crippen LogP contribution in [0.1, 0.15) is 40.0 Å². The average molecular weight is 236 g/mol. The van der Waals surface area contributed by atoms with Gasteiger partial charge < -0.3 is 20.4 Å². The van der Waals surface area contributed by atoms with Gasteiger partial charge in [-0.2, -0.15) is 0 Å². The molecule has 0 spiro atoms. The van der Waals surface area contributed by atoms with Crippen molar-refractivity contribution in [2.75, 3.05) is 0 Å². The molecule has 0 aliphatic rings. The Labute approximate surface area is 94.5 Å². The van der Waals surface area contributed by atoms with E-state index in [1.54, 1.807) is 20.8 Å². The fourth-order valence-electron chi connectivity index (χ4n) is 0.937. The first-order valence-corrected chi connectivity index (χ1v) is 4.88. The van der Waals surface area contributed by atoms with Crippen molar-refractivity contribution >= 4 is 11.9 Å². The highest BCUT2D eigenvalue weighted by molar-refractivity contribution is 5.75. The topological polar surface area (TPSA) is 115 Å². The Hall–Kier alpha value is -1.14. The molecule has 0 saturated heterocycles. The van der Waals surface area contributed by atoms with Crippen LogP contribution < -0.4 is 0 Å². The lowest BCUT2D eigenvalue weighted by Gasteiger charge is -2.17. The lowest BCUT2D eigenvalue weighted by atomic mass is 10.0. The van der Waals surface area contributed by atoms with Gasteiger partial charge >= 0.3 is 11.9 Å². The van der Waals surface area contributed by atoms with Crippen LogP contribution in [0.3, 0.4) is 0 Å². The number of aliphatic carboxylic acids is 2. The van der Waals surface area contributed by atoms with Gasteiger partial charge in [-0.1, -0.05) is 0 Å². The van der Waals surface area contributed by atoms with Crippen LogP contribution in [0.15, 0.2) is 0 Å². The maximum absolute atomic E-state index is 9.64. The Morgan fingerprint density at radius 2 is 1.44 bits per heavy atom. The maximum atomic E-state index is 9.64. The molecule has 4 N–H and O–H groups in total. The van der Waals surface area contributed by atoms with Crippen LogP contribution in [0.2, 0.25) is 0 Å². The number of aliphatic hydroxyl groups excluding tert-OH is 1. The summed E-state index contributed by atoms with van der Waals surface area (Å²) in [5.74, 6) is -2.15. The van der Waals surface area contributed by atoms with E-state index in [0.717, 1.165) is 0 Å². The second-order valence-corrected chi connectivity index (χ2v) is 4.15. The minimum absolute atomic E-state index is 0.296. The smallest absolute Gasteiger partial charge is 0.303 e. The molecule has 0 amide bonds. The average Bonchev–Trinajstić information content (AvgIpc) is 1.96. The number of rotatable bonds is 5. The summed E-state index contributed by atoms with van der Waals surface area (Å²) in [6.45, 7) is 5.03. The first-order chi connectivity index (χ1) is 7.04. The quantitative estimate of drug-likeness (QED) is 0.551. The molecule has 0 heterocycles. The zero-order chi connectivity index (χ0) is 13.4. The van der Waals surface area contributed by atoms with E-state index in [4.69, 9.17) is 20.4 Å². The van der Waals surface area contributed by atoms with Crippen molar-refractivity contribution in [3.05, 3.63) is 0 Å².